The van der Waals surface area contributed by atoms with Crippen LogP contribution >= 0.6 is 0 Å². The Labute approximate surface area is 206 Å². The predicted molar refractivity (Wildman–Crippen MR) is 130 cm³/mol. The lowest BCUT2D eigenvalue weighted by Gasteiger charge is -2.36. The van der Waals surface area contributed by atoms with Gasteiger partial charge in [-0.2, -0.15) is 13.2 Å². The van der Waals surface area contributed by atoms with E-state index in [1.165, 1.54) is 11.6 Å². The second kappa shape index (κ2) is 9.09. The zero-order valence-electron chi connectivity index (χ0n) is 19.8. The van der Waals surface area contributed by atoms with Crippen LogP contribution in [-0.4, -0.2) is 29.2 Å². The Morgan fingerprint density at radius 3 is 2.72 bits per heavy atom. The normalized spacial score (nSPS) is 15.4. The minimum absolute atomic E-state index is 0.0219. The molecular weight excluding hydrogens is 474 g/mol. The molecular formula is C26H25F4N5O. The van der Waals surface area contributed by atoms with Gasteiger partial charge in [0.15, 0.2) is 11.6 Å². The van der Waals surface area contributed by atoms with Gasteiger partial charge in [-0.25, -0.2) is 14.4 Å². The van der Waals surface area contributed by atoms with Crippen LogP contribution in [0, 0.1) is 5.82 Å². The average Bonchev–Trinajstić information content (AvgIpc) is 2.82. The highest BCUT2D eigenvalue weighted by Gasteiger charge is 2.36. The summed E-state index contributed by atoms with van der Waals surface area (Å²) in [5.41, 5.74) is 2.34. The van der Waals surface area contributed by atoms with Crippen LogP contribution in [0.1, 0.15) is 30.5 Å². The Hall–Kier alpha value is -3.66. The third kappa shape index (κ3) is 4.48. The maximum absolute atomic E-state index is 15.1. The monoisotopic (exact) mass is 499 g/mol. The standard InChI is InChI=1S/C26H25F4N5O/c1-14(2)35-15(3)13-36-24-21(27)9-18(10-22(24)35)23-20(26(28,29)30)12-32-25(34-23)33-19-5-4-17-11-31-7-6-16(17)8-19/h4-5,8-10,12,14,31H,3,6-7,11,13H2,1-2H3,(H,32,33,34). The van der Waals surface area contributed by atoms with Crippen LogP contribution in [-0.2, 0) is 19.1 Å². The second-order valence-electron chi connectivity index (χ2n) is 9.11. The number of alkyl halides is 3. The molecule has 0 aliphatic carbocycles. The molecule has 3 heterocycles. The molecule has 0 saturated carbocycles. The zero-order chi connectivity index (χ0) is 25.6. The Morgan fingerprint density at radius 1 is 1.17 bits per heavy atom. The second-order valence-corrected chi connectivity index (χ2v) is 9.11. The lowest BCUT2D eigenvalue weighted by molar-refractivity contribution is -0.137. The van der Waals surface area contributed by atoms with Crippen molar-refractivity contribution in [3.05, 3.63) is 71.3 Å². The minimum Gasteiger partial charge on any atom is -0.482 e. The molecule has 0 saturated heterocycles. The highest BCUT2D eigenvalue weighted by molar-refractivity contribution is 5.76. The van der Waals surface area contributed by atoms with Crippen LogP contribution in [0.2, 0.25) is 0 Å². The molecule has 188 valence electrons. The van der Waals surface area contributed by atoms with Crippen molar-refractivity contribution in [3.8, 4) is 17.0 Å². The molecule has 2 aliphatic heterocycles. The van der Waals surface area contributed by atoms with Crippen molar-refractivity contribution < 1.29 is 22.3 Å². The van der Waals surface area contributed by atoms with Crippen LogP contribution in [0.15, 0.2) is 48.8 Å². The van der Waals surface area contributed by atoms with Crippen LogP contribution in [0.4, 0.5) is 34.9 Å². The van der Waals surface area contributed by atoms with Gasteiger partial charge in [-0.3, -0.25) is 0 Å². The van der Waals surface area contributed by atoms with Crippen LogP contribution in [0.25, 0.3) is 11.3 Å². The molecule has 36 heavy (non-hydrogen) atoms. The fraction of sp³-hybridized carbons (Fsp3) is 0.308. The number of aromatic nitrogens is 2. The lowest BCUT2D eigenvalue weighted by Crippen LogP contribution is -2.35. The first-order chi connectivity index (χ1) is 17.1. The molecule has 0 unspecified atom stereocenters. The smallest absolute Gasteiger partial charge is 0.419 e. The molecule has 2 N–H and O–H groups in total. The predicted octanol–water partition coefficient (Wildman–Crippen LogP) is 5.81. The molecule has 6 nitrogen and oxygen atoms in total. The molecule has 0 fully saturated rings. The number of nitrogens with one attached hydrogen (secondary N) is 2. The number of hydrogen-bond acceptors (Lipinski definition) is 6. The Kier molecular flexibility index (Phi) is 6.07. The van der Waals surface area contributed by atoms with Gasteiger partial charge in [0.25, 0.3) is 0 Å². The maximum atomic E-state index is 15.1. The van der Waals surface area contributed by atoms with Gasteiger partial charge in [-0.1, -0.05) is 12.6 Å². The third-order valence-corrected chi connectivity index (χ3v) is 6.24. The van der Waals surface area contributed by atoms with Crippen LogP contribution in [0.3, 0.4) is 0 Å². The number of rotatable bonds is 4. The summed E-state index contributed by atoms with van der Waals surface area (Å²) in [4.78, 5) is 9.85. The van der Waals surface area contributed by atoms with Crippen molar-refractivity contribution in [1.82, 2.24) is 15.3 Å². The molecule has 5 rings (SSSR count). The summed E-state index contributed by atoms with van der Waals surface area (Å²) in [5, 5.41) is 6.30. The summed E-state index contributed by atoms with van der Waals surface area (Å²) in [6.45, 7) is 9.43. The molecule has 2 aromatic carbocycles. The zero-order valence-corrected chi connectivity index (χ0v) is 19.8. The number of hydrogen-bond donors (Lipinski definition) is 2. The third-order valence-electron chi connectivity index (χ3n) is 6.24. The van der Waals surface area contributed by atoms with E-state index in [4.69, 9.17) is 4.74 Å². The number of anilines is 3. The molecule has 10 heteroatoms. The summed E-state index contributed by atoms with van der Waals surface area (Å²) in [6, 6.07) is 8.09. The first-order valence-electron chi connectivity index (χ1n) is 11.6. The van der Waals surface area contributed by atoms with Gasteiger partial charge in [-0.05, 0) is 62.2 Å². The van der Waals surface area contributed by atoms with Gasteiger partial charge in [0.05, 0.1) is 11.4 Å². The molecule has 0 amide bonds. The quantitative estimate of drug-likeness (QED) is 0.442. The summed E-state index contributed by atoms with van der Waals surface area (Å²) in [7, 11) is 0. The van der Waals surface area contributed by atoms with Gasteiger partial charge in [-0.15, -0.1) is 0 Å². The van der Waals surface area contributed by atoms with E-state index >= 15 is 4.39 Å². The minimum atomic E-state index is -4.74. The van der Waals surface area contributed by atoms with Crippen molar-refractivity contribution in [1.29, 1.82) is 0 Å². The average molecular weight is 500 g/mol. The summed E-state index contributed by atoms with van der Waals surface area (Å²) in [6.07, 6.45) is -3.17. The maximum Gasteiger partial charge on any atom is 0.419 e. The van der Waals surface area contributed by atoms with Gasteiger partial charge >= 0.3 is 6.18 Å². The first kappa shape index (κ1) is 24.1. The van der Waals surface area contributed by atoms with Crippen molar-refractivity contribution >= 4 is 17.3 Å². The highest BCUT2D eigenvalue weighted by Crippen LogP contribution is 2.43. The Morgan fingerprint density at radius 2 is 1.97 bits per heavy atom. The summed E-state index contributed by atoms with van der Waals surface area (Å²) < 4.78 is 62.4. The molecule has 2 aliphatic rings. The molecule has 0 spiro atoms. The topological polar surface area (TPSA) is 62.3 Å². The van der Waals surface area contributed by atoms with E-state index in [1.54, 1.807) is 4.90 Å². The van der Waals surface area contributed by atoms with Crippen molar-refractivity contribution in [2.24, 2.45) is 0 Å². The van der Waals surface area contributed by atoms with E-state index in [9.17, 15) is 13.2 Å². The van der Waals surface area contributed by atoms with E-state index in [0.29, 0.717) is 17.1 Å². The SMILES string of the molecule is C=C1COc2c(F)cc(-c3nc(Nc4ccc5c(c4)CCNC5)ncc3C(F)(F)F)cc2N1C(C)C. The summed E-state index contributed by atoms with van der Waals surface area (Å²) >= 11 is 0. The van der Waals surface area contributed by atoms with E-state index in [2.05, 4.69) is 27.2 Å². The number of nitrogens with zero attached hydrogens (tertiary/aromatic N) is 3. The van der Waals surface area contributed by atoms with Crippen molar-refractivity contribution in [2.75, 3.05) is 23.4 Å². The molecule has 3 aromatic rings. The Balaban J connectivity index is 1.59. The van der Waals surface area contributed by atoms with E-state index < -0.39 is 23.3 Å². The number of ether oxygens (including phenoxy) is 1. The molecule has 0 atom stereocenters. The van der Waals surface area contributed by atoms with Gasteiger partial charge in [0, 0.05) is 35.7 Å². The highest BCUT2D eigenvalue weighted by atomic mass is 19.4. The van der Waals surface area contributed by atoms with Gasteiger partial charge in [0.1, 0.15) is 12.2 Å². The van der Waals surface area contributed by atoms with E-state index in [0.717, 1.165) is 37.3 Å². The fourth-order valence-electron chi connectivity index (χ4n) is 4.63. The fourth-order valence-corrected chi connectivity index (χ4v) is 4.63. The number of benzene rings is 2. The molecule has 1 aromatic heterocycles. The Bertz CT molecular complexity index is 1340. The van der Waals surface area contributed by atoms with Crippen LogP contribution < -0.4 is 20.3 Å². The van der Waals surface area contributed by atoms with Gasteiger partial charge < -0.3 is 20.3 Å². The van der Waals surface area contributed by atoms with E-state index in [1.807, 2.05) is 32.0 Å². The summed E-state index contributed by atoms with van der Waals surface area (Å²) in [5.74, 6) is -0.819. The lowest BCUT2D eigenvalue weighted by atomic mass is 10.0. The van der Waals surface area contributed by atoms with Gasteiger partial charge in [0.2, 0.25) is 5.95 Å². The molecule has 0 bridgehead atoms. The van der Waals surface area contributed by atoms with E-state index in [-0.39, 0.29) is 29.9 Å². The number of halogens is 4. The van der Waals surface area contributed by atoms with Crippen molar-refractivity contribution in [2.45, 2.75) is 39.0 Å². The first-order valence-corrected chi connectivity index (χ1v) is 11.6. The largest absolute Gasteiger partial charge is 0.482 e. The molecule has 0 radical (unpaired) electrons. The number of fused-ring (bicyclic) bond motifs is 2. The van der Waals surface area contributed by atoms with Crippen molar-refractivity contribution in [3.63, 3.8) is 0 Å². The van der Waals surface area contributed by atoms with Crippen LogP contribution in [0.5, 0.6) is 5.75 Å².